The maximum Gasteiger partial charge on any atom is 0.158 e. The first-order valence-corrected chi connectivity index (χ1v) is 9.47. The smallest absolute Gasteiger partial charge is 0.158 e. The van der Waals surface area contributed by atoms with Crippen molar-refractivity contribution in [3.63, 3.8) is 0 Å². The van der Waals surface area contributed by atoms with Gasteiger partial charge in [0.2, 0.25) is 0 Å². The monoisotopic (exact) mass is 353 g/mol. The van der Waals surface area contributed by atoms with Crippen LogP contribution in [0.3, 0.4) is 0 Å². The lowest BCUT2D eigenvalue weighted by atomic mass is 9.89. The van der Waals surface area contributed by atoms with Gasteiger partial charge in [0.05, 0.1) is 6.04 Å². The molecule has 2 heteroatoms. The molecule has 134 valence electrons. The first kappa shape index (κ1) is 17.3. The maximum absolute atomic E-state index is 12.8. The number of rotatable bonds is 5. The fraction of sp³-hybridized carbons (Fsp3) is 0.160. The molecule has 0 aliphatic carbocycles. The fourth-order valence-corrected chi connectivity index (χ4v) is 3.81. The van der Waals surface area contributed by atoms with Gasteiger partial charge in [0.1, 0.15) is 0 Å². The summed E-state index contributed by atoms with van der Waals surface area (Å²) in [7, 11) is 0. The molecule has 0 amide bonds. The number of fused-ring (bicyclic) bond motifs is 1. The highest BCUT2D eigenvalue weighted by atomic mass is 16.1. The number of hydrogen-bond acceptors (Lipinski definition) is 2. The molecule has 2 nitrogen and oxygen atoms in total. The van der Waals surface area contributed by atoms with Crippen molar-refractivity contribution in [2.45, 2.75) is 18.9 Å². The Morgan fingerprint density at radius 2 is 1.56 bits per heavy atom. The van der Waals surface area contributed by atoms with Gasteiger partial charge >= 0.3 is 0 Å². The van der Waals surface area contributed by atoms with E-state index in [-0.39, 0.29) is 11.8 Å². The molecular formula is C25H23NO. The minimum absolute atomic E-state index is 0.0743. The predicted octanol–water partition coefficient (Wildman–Crippen LogP) is 5.46. The van der Waals surface area contributed by atoms with E-state index >= 15 is 0 Å². The average Bonchev–Trinajstić information content (AvgIpc) is 2.74. The van der Waals surface area contributed by atoms with Crippen LogP contribution in [-0.2, 0) is 11.2 Å². The summed E-state index contributed by atoms with van der Waals surface area (Å²) in [5, 5.41) is 0. The molecule has 0 radical (unpaired) electrons. The second-order valence-corrected chi connectivity index (χ2v) is 6.91. The van der Waals surface area contributed by atoms with Crippen LogP contribution in [0.2, 0.25) is 0 Å². The molecule has 3 aromatic rings. The summed E-state index contributed by atoms with van der Waals surface area (Å²) in [6.45, 7) is 0.932. The van der Waals surface area contributed by atoms with Crippen LogP contribution in [0, 0.1) is 0 Å². The highest BCUT2D eigenvalue weighted by molar-refractivity contribution is 5.94. The molecule has 0 spiro atoms. The summed E-state index contributed by atoms with van der Waals surface area (Å²) < 4.78 is 0. The molecule has 1 aliphatic heterocycles. The summed E-state index contributed by atoms with van der Waals surface area (Å²) in [5.41, 5.74) is 4.86. The standard InChI is InChI=1S/C25H23NO/c27-23(16-15-20-9-3-1-4-10-20)19-25-24-14-8-7-11-21(24)17-18-26(25)22-12-5-2-6-13-22/h1-16,25H,17-19H2/b16-15+. The zero-order valence-electron chi connectivity index (χ0n) is 15.3. The van der Waals surface area contributed by atoms with E-state index in [1.54, 1.807) is 6.08 Å². The lowest BCUT2D eigenvalue weighted by Gasteiger charge is -2.38. The van der Waals surface area contributed by atoms with Crippen LogP contribution >= 0.6 is 0 Å². The molecule has 1 heterocycles. The Morgan fingerprint density at radius 3 is 2.33 bits per heavy atom. The van der Waals surface area contributed by atoms with E-state index in [1.165, 1.54) is 16.8 Å². The fourth-order valence-electron chi connectivity index (χ4n) is 3.81. The van der Waals surface area contributed by atoms with E-state index in [1.807, 2.05) is 42.5 Å². The SMILES string of the molecule is O=C(/C=C/c1ccccc1)CC1c2ccccc2CCN1c1ccccc1. The highest BCUT2D eigenvalue weighted by Crippen LogP contribution is 2.36. The van der Waals surface area contributed by atoms with E-state index in [9.17, 15) is 4.79 Å². The molecule has 0 saturated carbocycles. The third-order valence-electron chi connectivity index (χ3n) is 5.16. The highest BCUT2D eigenvalue weighted by Gasteiger charge is 2.28. The summed E-state index contributed by atoms with van der Waals surface area (Å²) in [6.07, 6.45) is 5.12. The normalized spacial score (nSPS) is 16.3. The van der Waals surface area contributed by atoms with Crippen LogP contribution in [0.15, 0.2) is 91.0 Å². The van der Waals surface area contributed by atoms with E-state index in [0.717, 1.165) is 18.5 Å². The van der Waals surface area contributed by atoms with Gasteiger partial charge < -0.3 is 4.90 Å². The zero-order valence-corrected chi connectivity index (χ0v) is 15.3. The second-order valence-electron chi connectivity index (χ2n) is 6.91. The van der Waals surface area contributed by atoms with Crippen molar-refractivity contribution in [1.29, 1.82) is 0 Å². The second kappa shape index (κ2) is 8.05. The molecule has 1 aliphatic rings. The topological polar surface area (TPSA) is 20.3 Å². The number of carbonyl (C=O) groups excluding carboxylic acids is 1. The molecule has 0 fully saturated rings. The predicted molar refractivity (Wildman–Crippen MR) is 112 cm³/mol. The molecule has 27 heavy (non-hydrogen) atoms. The number of allylic oxidation sites excluding steroid dienone is 1. The Labute approximate surface area is 160 Å². The van der Waals surface area contributed by atoms with Crippen LogP contribution in [0.1, 0.15) is 29.2 Å². The molecule has 4 rings (SSSR count). The molecule has 0 saturated heterocycles. The van der Waals surface area contributed by atoms with Gasteiger partial charge in [0.15, 0.2) is 5.78 Å². The maximum atomic E-state index is 12.8. The summed E-state index contributed by atoms with van der Waals surface area (Å²) in [6, 6.07) is 29.0. The molecule has 0 bridgehead atoms. The first-order chi connectivity index (χ1) is 13.3. The lowest BCUT2D eigenvalue weighted by molar-refractivity contribution is -0.114. The van der Waals surface area contributed by atoms with E-state index < -0.39 is 0 Å². The number of carbonyl (C=O) groups is 1. The number of benzene rings is 3. The van der Waals surface area contributed by atoms with Crippen LogP contribution < -0.4 is 4.90 Å². The number of hydrogen-bond donors (Lipinski definition) is 0. The largest absolute Gasteiger partial charge is 0.364 e. The van der Waals surface area contributed by atoms with E-state index in [0.29, 0.717) is 6.42 Å². The van der Waals surface area contributed by atoms with Gasteiger partial charge in [-0.25, -0.2) is 0 Å². The van der Waals surface area contributed by atoms with Gasteiger partial charge in [-0.05, 0) is 41.3 Å². The Hall–Kier alpha value is -3.13. The number of ketones is 1. The van der Waals surface area contributed by atoms with Gasteiger partial charge in [0, 0.05) is 18.7 Å². The Bertz CT molecular complexity index is 931. The van der Waals surface area contributed by atoms with Crippen molar-refractivity contribution in [3.05, 3.63) is 108 Å². The van der Waals surface area contributed by atoms with Crippen molar-refractivity contribution in [3.8, 4) is 0 Å². The van der Waals surface area contributed by atoms with Gasteiger partial charge in [0.25, 0.3) is 0 Å². The third-order valence-corrected chi connectivity index (χ3v) is 5.16. The van der Waals surface area contributed by atoms with E-state index in [4.69, 9.17) is 0 Å². The van der Waals surface area contributed by atoms with Gasteiger partial charge in [-0.15, -0.1) is 0 Å². The number of anilines is 1. The minimum Gasteiger partial charge on any atom is -0.364 e. The van der Waals surface area contributed by atoms with Crippen molar-refractivity contribution in [2.75, 3.05) is 11.4 Å². The number of para-hydroxylation sites is 1. The lowest BCUT2D eigenvalue weighted by Crippen LogP contribution is -2.36. The number of nitrogens with zero attached hydrogens (tertiary/aromatic N) is 1. The molecule has 0 N–H and O–H groups in total. The van der Waals surface area contributed by atoms with Crippen molar-refractivity contribution in [2.24, 2.45) is 0 Å². The van der Waals surface area contributed by atoms with Gasteiger partial charge in [-0.1, -0.05) is 78.9 Å². The minimum atomic E-state index is 0.0743. The van der Waals surface area contributed by atoms with Crippen molar-refractivity contribution in [1.82, 2.24) is 0 Å². The summed E-state index contributed by atoms with van der Waals surface area (Å²) in [5.74, 6) is 0.154. The average molecular weight is 353 g/mol. The Kier molecular flexibility index (Phi) is 5.15. The molecule has 1 unspecified atom stereocenters. The Morgan fingerprint density at radius 1 is 0.889 bits per heavy atom. The Balaban J connectivity index is 1.60. The van der Waals surface area contributed by atoms with E-state index in [2.05, 4.69) is 53.4 Å². The van der Waals surface area contributed by atoms with Crippen LogP contribution in [0.25, 0.3) is 6.08 Å². The van der Waals surface area contributed by atoms with Gasteiger partial charge in [-0.2, -0.15) is 0 Å². The third kappa shape index (κ3) is 4.01. The summed E-state index contributed by atoms with van der Waals surface area (Å²) in [4.78, 5) is 15.1. The van der Waals surface area contributed by atoms with Crippen molar-refractivity contribution < 1.29 is 4.79 Å². The molecule has 3 aromatic carbocycles. The zero-order chi connectivity index (χ0) is 18.5. The van der Waals surface area contributed by atoms with Crippen LogP contribution in [0.4, 0.5) is 5.69 Å². The molecular weight excluding hydrogens is 330 g/mol. The van der Waals surface area contributed by atoms with Crippen LogP contribution in [0.5, 0.6) is 0 Å². The first-order valence-electron chi connectivity index (χ1n) is 9.47. The van der Waals surface area contributed by atoms with Gasteiger partial charge in [-0.3, -0.25) is 4.79 Å². The van der Waals surface area contributed by atoms with Crippen LogP contribution in [-0.4, -0.2) is 12.3 Å². The molecule has 1 atom stereocenters. The quantitative estimate of drug-likeness (QED) is 0.568. The summed E-state index contributed by atoms with van der Waals surface area (Å²) >= 11 is 0. The van der Waals surface area contributed by atoms with Crippen molar-refractivity contribution >= 4 is 17.5 Å². The molecule has 0 aromatic heterocycles.